The number of dihydropyridines is 1. The number of carbonyl (C=O) groups is 3. The molecule has 6 bridgehead atoms. The number of ether oxygens (including phenoxy) is 4. The van der Waals surface area contributed by atoms with Gasteiger partial charge in [-0.25, -0.2) is 9.59 Å². The van der Waals surface area contributed by atoms with Crippen molar-refractivity contribution in [3.8, 4) is 58.0 Å². The van der Waals surface area contributed by atoms with E-state index in [2.05, 4.69) is 33.4 Å². The molecule has 4 aromatic rings. The van der Waals surface area contributed by atoms with Crippen LogP contribution >= 0.6 is 0 Å². The molecule has 9 heterocycles. The molecule has 2 spiro atoms. The Kier molecular flexibility index (Phi) is 13.7. The van der Waals surface area contributed by atoms with Crippen LogP contribution in [0, 0.1) is 35.5 Å². The van der Waals surface area contributed by atoms with Crippen LogP contribution in [0.3, 0.4) is 0 Å². The molecule has 0 radical (unpaired) electrons. The van der Waals surface area contributed by atoms with Crippen LogP contribution in [-0.2, 0) is 41.4 Å². The van der Waals surface area contributed by atoms with Gasteiger partial charge >= 0.3 is 11.9 Å². The van der Waals surface area contributed by atoms with Crippen LogP contribution in [0.2, 0.25) is 0 Å². The minimum Gasteiger partial charge on any atom is -0.507 e. The van der Waals surface area contributed by atoms with E-state index in [1.807, 2.05) is 12.0 Å². The molecular formula is C59H59N3O22. The number of carbonyl (C=O) groups excluding carboxylic acids is 2. The summed E-state index contributed by atoms with van der Waals surface area (Å²) in [6.45, 7) is -1.40. The molecule has 2 aromatic carbocycles. The van der Waals surface area contributed by atoms with Crippen molar-refractivity contribution in [1.82, 2.24) is 15.6 Å². The number of aromatic nitrogens is 1. The Hall–Kier alpha value is -7.60. The molecule has 2 aliphatic carbocycles. The van der Waals surface area contributed by atoms with E-state index in [1.54, 1.807) is 12.3 Å². The molecule has 25 heteroatoms. The molecule has 3 saturated heterocycles. The van der Waals surface area contributed by atoms with Gasteiger partial charge in [0.05, 0.1) is 12.6 Å². The molecule has 16 N–H and O–H groups in total. The van der Waals surface area contributed by atoms with Crippen LogP contribution in [0.4, 0.5) is 0 Å². The Morgan fingerprint density at radius 2 is 1.71 bits per heavy atom. The molecule has 7 aliphatic heterocycles. The number of aliphatic hydroxyl groups excluding tert-OH is 6. The van der Waals surface area contributed by atoms with Crippen molar-refractivity contribution in [3.05, 3.63) is 104 Å². The lowest BCUT2D eigenvalue weighted by atomic mass is 9.67. The minimum absolute atomic E-state index is 0.0291. The molecule has 14 unspecified atom stereocenters. The zero-order valence-corrected chi connectivity index (χ0v) is 44.4. The number of carboxylic acids is 1. The maximum Gasteiger partial charge on any atom is 0.354 e. The van der Waals surface area contributed by atoms with Crippen molar-refractivity contribution in [2.24, 2.45) is 11.8 Å². The first-order valence-electron chi connectivity index (χ1n) is 27.3. The first kappa shape index (κ1) is 56.9. The summed E-state index contributed by atoms with van der Waals surface area (Å²) < 4.78 is 32.2. The highest BCUT2D eigenvalue weighted by Crippen LogP contribution is 2.58. The zero-order chi connectivity index (χ0) is 59.6. The zero-order valence-electron chi connectivity index (χ0n) is 44.4. The van der Waals surface area contributed by atoms with Crippen molar-refractivity contribution in [2.45, 2.75) is 141 Å². The van der Waals surface area contributed by atoms with Crippen molar-refractivity contribution >= 4 is 29.2 Å². The third kappa shape index (κ3) is 8.33. The largest absolute Gasteiger partial charge is 0.507 e. The Bertz CT molecular complexity index is 3730. The van der Waals surface area contributed by atoms with Crippen LogP contribution < -0.4 is 20.8 Å². The number of aldehydes is 1. The van der Waals surface area contributed by atoms with E-state index >= 15 is 4.79 Å². The number of hydrogen-bond donors (Lipinski definition) is 16. The average molecular weight is 1160 g/mol. The number of hydrogen-bond acceptors (Lipinski definition) is 23. The standard InChI is InChI=1S/C59H59N3O22/c63-14-8-27(26-65)24-57-48(71)50(73)59(78,79)55(83-57,52(74)75)11-3-12-56(53(76)82-57)54(77)10-2-5-28-7-13-60-37(28)21-33-20-35(32-18-36-29-4-1-6-34(17-29)62-51(36)61-25-32)43-42(81-58(33,84-56)49(72)47(54)70)23-41-44(46(43)69)38(66)22-40(80-41)31-16-30(9-15-64)45(68)39(67)19-31/h7,13-14,16,18-20,22-23,25,27,29,34-35,47-51,60-62,64-65,67-73,77-79H,1,4,6,8-10,12,15,17,21,24,26H2,(H,74,75). The summed E-state index contributed by atoms with van der Waals surface area (Å²) >= 11 is 0. The third-order valence-electron chi connectivity index (χ3n) is 18.0. The number of esters is 1. The summed E-state index contributed by atoms with van der Waals surface area (Å²) in [6, 6.07) is 6.41. The molecule has 25 nitrogen and oxygen atoms in total. The van der Waals surface area contributed by atoms with Gasteiger partial charge in [0, 0.05) is 109 Å². The van der Waals surface area contributed by atoms with E-state index < -0.39 is 167 Å². The number of carboxylic acid groups (broad SMARTS) is 1. The topological polar surface area (TPSA) is 421 Å². The number of aromatic amines is 1. The third-order valence-corrected chi connectivity index (χ3v) is 18.0. The smallest absolute Gasteiger partial charge is 0.354 e. The number of nitrogens with one attached hydrogen (secondary N) is 3. The first-order chi connectivity index (χ1) is 40.0. The summed E-state index contributed by atoms with van der Waals surface area (Å²) in [5, 5.41) is 158. The van der Waals surface area contributed by atoms with Gasteiger partial charge in [0.2, 0.25) is 17.2 Å². The fourth-order valence-corrected chi connectivity index (χ4v) is 13.5. The summed E-state index contributed by atoms with van der Waals surface area (Å²) in [6.07, 6.45) is -5.63. The van der Waals surface area contributed by atoms with Crippen molar-refractivity contribution in [3.63, 3.8) is 0 Å². The minimum atomic E-state index is -4.07. The Morgan fingerprint density at radius 3 is 2.46 bits per heavy atom. The van der Waals surface area contributed by atoms with Gasteiger partial charge in [-0.3, -0.25) is 10.1 Å². The number of phenolic OH excluding ortho intramolecular Hbond substituents is 3. The Morgan fingerprint density at radius 1 is 0.917 bits per heavy atom. The van der Waals surface area contributed by atoms with Gasteiger partial charge in [0.1, 0.15) is 52.3 Å². The summed E-state index contributed by atoms with van der Waals surface area (Å²) in [5.41, 5.74) is -10.0. The number of allylic oxidation sites excluding steroid dienone is 3. The highest BCUT2D eigenvalue weighted by molar-refractivity contribution is 5.90. The van der Waals surface area contributed by atoms with E-state index in [0.29, 0.717) is 17.6 Å². The number of piperidine rings is 1. The molecule has 84 heavy (non-hydrogen) atoms. The van der Waals surface area contributed by atoms with Gasteiger partial charge < -0.3 is 105 Å². The van der Waals surface area contributed by atoms with Crippen molar-refractivity contribution < 1.29 is 104 Å². The molecule has 442 valence electrons. The van der Waals surface area contributed by atoms with Gasteiger partial charge in [-0.2, -0.15) is 0 Å². The Balaban J connectivity index is 1.14. The van der Waals surface area contributed by atoms with Gasteiger partial charge in [-0.05, 0) is 72.8 Å². The quantitative estimate of drug-likeness (QED) is 0.0230. The molecule has 1 saturated carbocycles. The average Bonchev–Trinajstić information content (AvgIpc) is 1.27. The molecule has 4 fully saturated rings. The van der Waals surface area contributed by atoms with Crippen LogP contribution in [0.5, 0.6) is 23.0 Å². The molecular weight excluding hydrogens is 1100 g/mol. The Labute approximate surface area is 475 Å². The fourth-order valence-electron chi connectivity index (χ4n) is 13.5. The van der Waals surface area contributed by atoms with Gasteiger partial charge in [0.15, 0.2) is 29.1 Å². The van der Waals surface area contributed by atoms with Crippen molar-refractivity contribution in [1.29, 1.82) is 0 Å². The van der Waals surface area contributed by atoms with Gasteiger partial charge in [-0.1, -0.05) is 36.3 Å². The predicted molar refractivity (Wildman–Crippen MR) is 284 cm³/mol. The highest BCUT2D eigenvalue weighted by atomic mass is 16.8. The second-order valence-electron chi connectivity index (χ2n) is 22.8. The number of phenols is 3. The second-order valence-corrected chi connectivity index (χ2v) is 22.8. The number of benzene rings is 2. The number of aliphatic hydroxyl groups is 9. The lowest BCUT2D eigenvalue weighted by Gasteiger charge is -2.58. The summed E-state index contributed by atoms with van der Waals surface area (Å²) in [7, 11) is 0. The van der Waals surface area contributed by atoms with Crippen LogP contribution in [0.25, 0.3) is 22.3 Å². The number of aliphatic carboxylic acids is 1. The molecule has 2 aromatic heterocycles. The SMILES string of the molecule is O=CCC(CO)CC12OC(=O)C3(CC#CC(C(=O)O)(O1)C(O)(O)C(O)C2O)OC12Oc4cc5oc(-c6cc(O)c(O)c(CCO)c6)cc(=O)c5c(O)c4C(C4=CNC5NC6CCCC(C6)C5=C4)C=C1Cc1[nH]ccc1C#CCC3(O)C(O)C2O. The number of H-pyrrole nitrogens is 1. The molecule has 14 atom stereocenters. The number of rotatable bonds is 10. The van der Waals surface area contributed by atoms with E-state index in [9.17, 15) is 80.8 Å². The first-order valence-corrected chi connectivity index (χ1v) is 27.3. The fraction of sp³-hybridized carbons (Fsp3) is 0.458. The number of aromatic hydroxyl groups is 3. The van der Waals surface area contributed by atoms with Crippen LogP contribution in [0.15, 0.2) is 80.8 Å². The molecule has 0 amide bonds. The van der Waals surface area contributed by atoms with Crippen LogP contribution in [-0.4, -0.2) is 174 Å². The van der Waals surface area contributed by atoms with Gasteiger partial charge in [0.25, 0.3) is 11.4 Å². The lowest BCUT2D eigenvalue weighted by Crippen LogP contribution is -2.81. The summed E-state index contributed by atoms with van der Waals surface area (Å²) in [4.78, 5) is 59.2. The van der Waals surface area contributed by atoms with Crippen LogP contribution in [0.1, 0.15) is 79.7 Å². The van der Waals surface area contributed by atoms with Gasteiger partial charge in [-0.15, -0.1) is 0 Å². The molecule has 9 aliphatic rings. The van der Waals surface area contributed by atoms with Crippen molar-refractivity contribution in [2.75, 3.05) is 13.2 Å². The molecule has 13 rings (SSSR count). The van der Waals surface area contributed by atoms with E-state index in [-0.39, 0.29) is 58.1 Å². The number of fused-ring (bicyclic) bond motifs is 10. The van der Waals surface area contributed by atoms with E-state index in [4.69, 9.17) is 23.4 Å². The van der Waals surface area contributed by atoms with E-state index in [1.165, 1.54) is 18.3 Å². The second kappa shape index (κ2) is 20.3. The lowest BCUT2D eigenvalue weighted by molar-refractivity contribution is -0.434. The predicted octanol–water partition coefficient (Wildman–Crippen LogP) is -0.850. The monoisotopic (exact) mass is 1160 g/mol. The highest BCUT2D eigenvalue weighted by Gasteiger charge is 2.78. The normalized spacial score (nSPS) is 34.7. The summed E-state index contributed by atoms with van der Waals surface area (Å²) in [5.74, 6) is -9.98. The maximum atomic E-state index is 16.0. The maximum absolute atomic E-state index is 16.0. The van der Waals surface area contributed by atoms with E-state index in [0.717, 1.165) is 49.5 Å².